The van der Waals surface area contributed by atoms with Gasteiger partial charge in [0.25, 0.3) is 0 Å². The number of rotatable bonds is 8. The van der Waals surface area contributed by atoms with Crippen LogP contribution in [0.4, 0.5) is 4.79 Å². The molecule has 8 heteroatoms. The molecule has 4 rings (SSSR count). The van der Waals surface area contributed by atoms with Crippen LogP contribution in [0.1, 0.15) is 24.0 Å². The molecule has 2 aromatic carbocycles. The van der Waals surface area contributed by atoms with E-state index in [9.17, 15) is 9.59 Å². The zero-order valence-electron chi connectivity index (χ0n) is 19.8. The summed E-state index contributed by atoms with van der Waals surface area (Å²) in [7, 11) is 1.65. The van der Waals surface area contributed by atoms with Gasteiger partial charge < -0.3 is 24.7 Å². The lowest BCUT2D eigenvalue weighted by Crippen LogP contribution is -2.51. The number of hydrogen-bond donors (Lipinski definition) is 2. The third-order valence-electron chi connectivity index (χ3n) is 6.28. The number of carbonyl (C=O) groups excluding carboxylic acids is 2. The molecule has 180 valence electrons. The van der Waals surface area contributed by atoms with E-state index in [0.29, 0.717) is 45.9 Å². The molecule has 0 bridgehead atoms. The van der Waals surface area contributed by atoms with Gasteiger partial charge in [0.2, 0.25) is 5.91 Å². The van der Waals surface area contributed by atoms with Crippen LogP contribution in [0.15, 0.2) is 54.7 Å². The lowest BCUT2D eigenvalue weighted by Gasteiger charge is -2.33. The zero-order valence-corrected chi connectivity index (χ0v) is 19.8. The molecule has 0 unspecified atom stereocenters. The van der Waals surface area contributed by atoms with E-state index in [1.54, 1.807) is 18.9 Å². The van der Waals surface area contributed by atoms with E-state index in [1.165, 1.54) is 0 Å². The maximum atomic E-state index is 12.8. The predicted molar refractivity (Wildman–Crippen MR) is 131 cm³/mol. The average Bonchev–Trinajstić information content (AvgIpc) is 3.29. The van der Waals surface area contributed by atoms with Crippen LogP contribution in [0, 0.1) is 0 Å². The fourth-order valence-electron chi connectivity index (χ4n) is 4.40. The first-order valence-electron chi connectivity index (χ1n) is 11.7. The first-order valence-corrected chi connectivity index (χ1v) is 11.7. The predicted octanol–water partition coefficient (Wildman–Crippen LogP) is 3.20. The van der Waals surface area contributed by atoms with Gasteiger partial charge >= 0.3 is 6.09 Å². The summed E-state index contributed by atoms with van der Waals surface area (Å²) < 4.78 is 10.4. The van der Waals surface area contributed by atoms with Gasteiger partial charge in [-0.2, -0.15) is 0 Å². The van der Waals surface area contributed by atoms with Gasteiger partial charge in [0.05, 0.1) is 20.3 Å². The monoisotopic (exact) mass is 464 g/mol. The minimum atomic E-state index is -0.285. The maximum absolute atomic E-state index is 12.8. The van der Waals surface area contributed by atoms with Crippen molar-refractivity contribution in [3.8, 4) is 5.75 Å². The largest absolute Gasteiger partial charge is 0.497 e. The highest BCUT2D eigenvalue weighted by Gasteiger charge is 2.24. The van der Waals surface area contributed by atoms with Crippen molar-refractivity contribution in [2.24, 2.45) is 0 Å². The van der Waals surface area contributed by atoms with E-state index >= 15 is 0 Å². The van der Waals surface area contributed by atoms with Crippen LogP contribution in [0.2, 0.25) is 0 Å². The summed E-state index contributed by atoms with van der Waals surface area (Å²) in [6.45, 7) is 5.38. The normalized spacial score (nSPS) is 15.2. The van der Waals surface area contributed by atoms with Gasteiger partial charge in [0, 0.05) is 55.7 Å². The number of methoxy groups -OCH3 is 1. The third kappa shape index (κ3) is 5.51. The summed E-state index contributed by atoms with van der Waals surface area (Å²) in [5.74, 6) is 0.766. The van der Waals surface area contributed by atoms with Crippen molar-refractivity contribution in [3.05, 3.63) is 65.9 Å². The number of piperazine rings is 1. The van der Waals surface area contributed by atoms with Crippen molar-refractivity contribution >= 4 is 22.9 Å². The van der Waals surface area contributed by atoms with Gasteiger partial charge in [-0.3, -0.25) is 9.69 Å². The lowest BCUT2D eigenvalue weighted by molar-refractivity contribution is -0.122. The zero-order chi connectivity index (χ0) is 23.9. The van der Waals surface area contributed by atoms with E-state index in [1.807, 2.05) is 42.6 Å². The number of benzene rings is 2. The number of aromatic nitrogens is 1. The van der Waals surface area contributed by atoms with E-state index in [0.717, 1.165) is 27.8 Å². The summed E-state index contributed by atoms with van der Waals surface area (Å²) in [6, 6.07) is 16.2. The Morgan fingerprint density at radius 3 is 2.50 bits per heavy atom. The van der Waals surface area contributed by atoms with Crippen molar-refractivity contribution in [1.29, 1.82) is 0 Å². The van der Waals surface area contributed by atoms with E-state index in [2.05, 4.69) is 27.3 Å². The molecule has 2 amide bonds. The molecule has 34 heavy (non-hydrogen) atoms. The van der Waals surface area contributed by atoms with Crippen molar-refractivity contribution < 1.29 is 19.1 Å². The molecule has 1 saturated heterocycles. The maximum Gasteiger partial charge on any atom is 0.409 e. The molecule has 3 aromatic rings. The summed E-state index contributed by atoms with van der Waals surface area (Å²) in [5, 5.41) is 4.28. The molecule has 0 aliphatic carbocycles. The summed E-state index contributed by atoms with van der Waals surface area (Å²) >= 11 is 0. The van der Waals surface area contributed by atoms with Crippen molar-refractivity contribution in [3.63, 3.8) is 0 Å². The van der Waals surface area contributed by atoms with E-state index in [-0.39, 0.29) is 17.9 Å². The third-order valence-corrected chi connectivity index (χ3v) is 6.28. The van der Waals surface area contributed by atoms with Crippen LogP contribution in [0.25, 0.3) is 10.9 Å². The summed E-state index contributed by atoms with van der Waals surface area (Å²) in [6.07, 6.45) is 1.74. The average molecular weight is 465 g/mol. The van der Waals surface area contributed by atoms with Crippen LogP contribution >= 0.6 is 0 Å². The topological polar surface area (TPSA) is 86.9 Å². The second-order valence-electron chi connectivity index (χ2n) is 8.38. The van der Waals surface area contributed by atoms with Gasteiger partial charge in [-0.1, -0.05) is 30.3 Å². The summed E-state index contributed by atoms with van der Waals surface area (Å²) in [5.41, 5.74) is 3.32. The Kier molecular flexibility index (Phi) is 7.69. The fraction of sp³-hybridized carbons (Fsp3) is 0.385. The highest BCUT2D eigenvalue weighted by atomic mass is 16.6. The molecule has 2 N–H and O–H groups in total. The Labute approximate surface area is 199 Å². The molecule has 1 aliphatic heterocycles. The Bertz CT molecular complexity index is 1100. The Hall–Kier alpha value is -3.52. The van der Waals surface area contributed by atoms with Crippen LogP contribution in [0.5, 0.6) is 5.75 Å². The van der Waals surface area contributed by atoms with Crippen LogP contribution in [-0.2, 0) is 9.53 Å². The van der Waals surface area contributed by atoms with Gasteiger partial charge in [-0.25, -0.2) is 4.79 Å². The Morgan fingerprint density at radius 1 is 1.06 bits per heavy atom. The fourth-order valence-corrected chi connectivity index (χ4v) is 4.40. The van der Waals surface area contributed by atoms with Gasteiger partial charge in [-0.15, -0.1) is 0 Å². The van der Waals surface area contributed by atoms with Crippen molar-refractivity contribution in [1.82, 2.24) is 20.1 Å². The molecule has 1 aromatic heterocycles. The van der Waals surface area contributed by atoms with E-state index < -0.39 is 0 Å². The van der Waals surface area contributed by atoms with E-state index in [4.69, 9.17) is 9.47 Å². The quantitative estimate of drug-likeness (QED) is 0.535. The first kappa shape index (κ1) is 23.6. The standard InChI is InChI=1S/C26H32N4O4/c1-3-34-26(32)30-14-12-29(13-15-30)18-25(31)28-16-22(19-8-10-20(33-2)11-9-19)23-17-27-24-7-5-4-6-21(23)24/h4-11,17,22,27H,3,12-16,18H2,1-2H3,(H,28,31)/t22-/m1/s1. The minimum Gasteiger partial charge on any atom is -0.497 e. The highest BCUT2D eigenvalue weighted by Crippen LogP contribution is 2.31. The van der Waals surface area contributed by atoms with Crippen LogP contribution in [-0.4, -0.2) is 79.8 Å². The van der Waals surface area contributed by atoms with Crippen LogP contribution < -0.4 is 10.1 Å². The molecule has 0 spiro atoms. The first-order chi connectivity index (χ1) is 16.6. The number of aromatic amines is 1. The molecule has 1 atom stereocenters. The number of fused-ring (bicyclic) bond motifs is 1. The lowest BCUT2D eigenvalue weighted by atomic mass is 9.90. The SMILES string of the molecule is CCOC(=O)N1CCN(CC(=O)NC[C@H](c2ccc(OC)cc2)c2c[nH]c3ccccc23)CC1. The number of para-hydroxylation sites is 1. The second kappa shape index (κ2) is 11.1. The molecule has 0 radical (unpaired) electrons. The number of nitrogens with zero attached hydrogens (tertiary/aromatic N) is 2. The number of H-pyrrole nitrogens is 1. The van der Waals surface area contributed by atoms with Crippen molar-refractivity contribution in [2.75, 3.05) is 53.0 Å². The molecular formula is C26H32N4O4. The Balaban J connectivity index is 1.41. The number of carbonyl (C=O) groups is 2. The second-order valence-corrected chi connectivity index (χ2v) is 8.38. The van der Waals surface area contributed by atoms with Crippen LogP contribution in [0.3, 0.4) is 0 Å². The summed E-state index contributed by atoms with van der Waals surface area (Å²) in [4.78, 5) is 31.8. The molecule has 0 saturated carbocycles. The Morgan fingerprint density at radius 2 is 1.79 bits per heavy atom. The highest BCUT2D eigenvalue weighted by molar-refractivity contribution is 5.84. The molecule has 1 aliphatic rings. The number of hydrogen-bond acceptors (Lipinski definition) is 5. The molecule has 2 heterocycles. The smallest absolute Gasteiger partial charge is 0.409 e. The number of nitrogens with one attached hydrogen (secondary N) is 2. The number of ether oxygens (including phenoxy) is 2. The van der Waals surface area contributed by atoms with Crippen molar-refractivity contribution in [2.45, 2.75) is 12.8 Å². The molecule has 1 fully saturated rings. The minimum absolute atomic E-state index is 0.00772. The molecule has 8 nitrogen and oxygen atoms in total. The van der Waals surface area contributed by atoms with Gasteiger partial charge in [0.15, 0.2) is 0 Å². The number of amides is 2. The van der Waals surface area contributed by atoms with Gasteiger partial charge in [0.1, 0.15) is 5.75 Å². The van der Waals surface area contributed by atoms with Gasteiger partial charge in [-0.05, 0) is 36.2 Å². The molecular weight excluding hydrogens is 432 g/mol.